The summed E-state index contributed by atoms with van der Waals surface area (Å²) in [7, 11) is 0. The molecule has 1 amide bonds. The highest BCUT2D eigenvalue weighted by Gasteiger charge is 2.16. The number of piperazine rings is 1. The molecule has 12 heavy (non-hydrogen) atoms. The van der Waals surface area contributed by atoms with E-state index in [1.165, 1.54) is 0 Å². The van der Waals surface area contributed by atoms with Crippen molar-refractivity contribution in [1.82, 2.24) is 10.2 Å². The molecule has 1 aliphatic heterocycles. The molecule has 0 aliphatic carbocycles. The Labute approximate surface area is 73.4 Å². The molecule has 3 nitrogen and oxygen atoms in total. The molecule has 0 radical (unpaired) electrons. The minimum absolute atomic E-state index is 0.124. The lowest BCUT2D eigenvalue weighted by atomic mass is 10.2. The van der Waals surface area contributed by atoms with E-state index in [1.807, 2.05) is 11.8 Å². The van der Waals surface area contributed by atoms with E-state index in [2.05, 4.69) is 11.9 Å². The predicted molar refractivity (Wildman–Crippen MR) is 48.9 cm³/mol. The first-order valence-corrected chi connectivity index (χ1v) is 4.43. The largest absolute Gasteiger partial charge is 0.336 e. The van der Waals surface area contributed by atoms with Crippen LogP contribution in [0.5, 0.6) is 0 Å². The molecule has 1 N–H and O–H groups in total. The molecule has 0 atom stereocenters. The van der Waals surface area contributed by atoms with Crippen molar-refractivity contribution in [2.24, 2.45) is 0 Å². The first-order valence-electron chi connectivity index (χ1n) is 4.43. The zero-order valence-electron chi connectivity index (χ0n) is 7.60. The van der Waals surface area contributed by atoms with Gasteiger partial charge in [-0.25, -0.2) is 0 Å². The molecule has 0 unspecified atom stereocenters. The van der Waals surface area contributed by atoms with Crippen LogP contribution in [0.15, 0.2) is 12.2 Å². The first kappa shape index (κ1) is 9.26. The van der Waals surface area contributed by atoms with Crippen molar-refractivity contribution in [1.29, 1.82) is 0 Å². The maximum absolute atomic E-state index is 11.5. The van der Waals surface area contributed by atoms with Gasteiger partial charge >= 0.3 is 0 Å². The Kier molecular flexibility index (Phi) is 3.29. The van der Waals surface area contributed by atoms with Crippen molar-refractivity contribution in [3.05, 3.63) is 12.2 Å². The van der Waals surface area contributed by atoms with Crippen LogP contribution in [0, 0.1) is 0 Å². The van der Waals surface area contributed by atoms with Crippen LogP contribution in [-0.2, 0) is 4.79 Å². The third-order valence-corrected chi connectivity index (χ3v) is 2.13. The fraction of sp³-hybridized carbons (Fsp3) is 0.667. The van der Waals surface area contributed by atoms with Crippen molar-refractivity contribution in [2.75, 3.05) is 26.2 Å². The molecule has 1 rings (SSSR count). The van der Waals surface area contributed by atoms with E-state index in [0.29, 0.717) is 0 Å². The van der Waals surface area contributed by atoms with Gasteiger partial charge in [-0.15, -0.1) is 0 Å². The highest BCUT2D eigenvalue weighted by molar-refractivity contribution is 5.92. The molecule has 1 saturated heterocycles. The normalized spacial score (nSPS) is 17.6. The maximum atomic E-state index is 11.5. The van der Waals surface area contributed by atoms with E-state index in [-0.39, 0.29) is 5.91 Å². The summed E-state index contributed by atoms with van der Waals surface area (Å²) in [5.41, 5.74) is 0.719. The van der Waals surface area contributed by atoms with Crippen molar-refractivity contribution in [2.45, 2.75) is 13.3 Å². The molecule has 1 heterocycles. The van der Waals surface area contributed by atoms with E-state index in [4.69, 9.17) is 0 Å². The van der Waals surface area contributed by atoms with Crippen LogP contribution in [0.25, 0.3) is 0 Å². The van der Waals surface area contributed by atoms with Gasteiger partial charge in [-0.2, -0.15) is 0 Å². The Morgan fingerprint density at radius 3 is 2.58 bits per heavy atom. The Balaban J connectivity index is 2.45. The second-order valence-corrected chi connectivity index (χ2v) is 3.00. The highest BCUT2D eigenvalue weighted by atomic mass is 16.2. The molecule has 1 aliphatic rings. The molecule has 0 spiro atoms. The predicted octanol–water partition coefficient (Wildman–Crippen LogP) is 0.384. The van der Waals surface area contributed by atoms with Gasteiger partial charge in [0.1, 0.15) is 0 Å². The van der Waals surface area contributed by atoms with E-state index in [0.717, 1.165) is 38.2 Å². The minimum Gasteiger partial charge on any atom is -0.336 e. The minimum atomic E-state index is 0.124. The van der Waals surface area contributed by atoms with Crippen LogP contribution < -0.4 is 5.32 Å². The van der Waals surface area contributed by atoms with E-state index < -0.39 is 0 Å². The first-order chi connectivity index (χ1) is 5.75. The fourth-order valence-electron chi connectivity index (χ4n) is 1.24. The van der Waals surface area contributed by atoms with Crippen LogP contribution in [0.3, 0.4) is 0 Å². The summed E-state index contributed by atoms with van der Waals surface area (Å²) in [5.74, 6) is 0.124. The third-order valence-electron chi connectivity index (χ3n) is 2.13. The topological polar surface area (TPSA) is 32.3 Å². The molecule has 3 heteroatoms. The van der Waals surface area contributed by atoms with E-state index >= 15 is 0 Å². The summed E-state index contributed by atoms with van der Waals surface area (Å²) in [4.78, 5) is 13.4. The molecule has 0 saturated carbocycles. The lowest BCUT2D eigenvalue weighted by Crippen LogP contribution is -2.46. The van der Waals surface area contributed by atoms with Gasteiger partial charge in [-0.1, -0.05) is 13.5 Å². The summed E-state index contributed by atoms with van der Waals surface area (Å²) in [6.45, 7) is 9.14. The maximum Gasteiger partial charge on any atom is 0.249 e. The average molecular weight is 168 g/mol. The van der Waals surface area contributed by atoms with E-state index in [1.54, 1.807) is 0 Å². The van der Waals surface area contributed by atoms with Crippen LogP contribution in [0.4, 0.5) is 0 Å². The van der Waals surface area contributed by atoms with E-state index in [9.17, 15) is 4.79 Å². The van der Waals surface area contributed by atoms with Gasteiger partial charge in [0.05, 0.1) is 0 Å². The molecule has 68 valence electrons. The molecule has 1 fully saturated rings. The molecule has 0 aromatic heterocycles. The molecular formula is C9H16N2O. The third kappa shape index (κ3) is 2.08. The van der Waals surface area contributed by atoms with Crippen LogP contribution >= 0.6 is 0 Å². The molecule has 0 bridgehead atoms. The van der Waals surface area contributed by atoms with Gasteiger partial charge in [0, 0.05) is 31.8 Å². The van der Waals surface area contributed by atoms with Crippen LogP contribution in [0.1, 0.15) is 13.3 Å². The Morgan fingerprint density at radius 1 is 1.50 bits per heavy atom. The van der Waals surface area contributed by atoms with Crippen molar-refractivity contribution < 1.29 is 4.79 Å². The summed E-state index contributed by atoms with van der Waals surface area (Å²) < 4.78 is 0. The number of nitrogens with zero attached hydrogens (tertiary/aromatic N) is 1. The quantitative estimate of drug-likeness (QED) is 0.605. The SMILES string of the molecule is C=C(CC)C(=O)N1CCNCC1. The molecule has 0 aromatic rings. The lowest BCUT2D eigenvalue weighted by Gasteiger charge is -2.27. The van der Waals surface area contributed by atoms with Crippen molar-refractivity contribution >= 4 is 5.91 Å². The number of amides is 1. The summed E-state index contributed by atoms with van der Waals surface area (Å²) >= 11 is 0. The van der Waals surface area contributed by atoms with Gasteiger partial charge < -0.3 is 10.2 Å². The smallest absolute Gasteiger partial charge is 0.249 e. The summed E-state index contributed by atoms with van der Waals surface area (Å²) in [6, 6.07) is 0. The fourth-order valence-corrected chi connectivity index (χ4v) is 1.24. The number of carbonyl (C=O) groups is 1. The number of rotatable bonds is 2. The number of hydrogen-bond acceptors (Lipinski definition) is 2. The molecular weight excluding hydrogens is 152 g/mol. The zero-order chi connectivity index (χ0) is 8.97. The van der Waals surface area contributed by atoms with Gasteiger partial charge in [-0.05, 0) is 6.42 Å². The number of hydrogen-bond donors (Lipinski definition) is 1. The van der Waals surface area contributed by atoms with Crippen molar-refractivity contribution in [3.8, 4) is 0 Å². The Morgan fingerprint density at radius 2 is 2.08 bits per heavy atom. The number of nitrogens with one attached hydrogen (secondary N) is 1. The molecule has 0 aromatic carbocycles. The van der Waals surface area contributed by atoms with Crippen LogP contribution in [-0.4, -0.2) is 37.0 Å². The Bertz CT molecular complexity index is 183. The van der Waals surface area contributed by atoms with Gasteiger partial charge in [0.15, 0.2) is 0 Å². The second-order valence-electron chi connectivity index (χ2n) is 3.00. The van der Waals surface area contributed by atoms with Gasteiger partial charge in [-0.3, -0.25) is 4.79 Å². The second kappa shape index (κ2) is 4.26. The van der Waals surface area contributed by atoms with Gasteiger partial charge in [0.25, 0.3) is 0 Å². The lowest BCUT2D eigenvalue weighted by molar-refractivity contribution is -0.127. The standard InChI is InChI=1S/C9H16N2O/c1-3-8(2)9(12)11-6-4-10-5-7-11/h10H,2-7H2,1H3. The van der Waals surface area contributed by atoms with Crippen molar-refractivity contribution in [3.63, 3.8) is 0 Å². The van der Waals surface area contributed by atoms with Crippen LogP contribution in [0.2, 0.25) is 0 Å². The highest BCUT2D eigenvalue weighted by Crippen LogP contribution is 2.04. The van der Waals surface area contributed by atoms with Gasteiger partial charge in [0.2, 0.25) is 5.91 Å². The monoisotopic (exact) mass is 168 g/mol. The zero-order valence-corrected chi connectivity index (χ0v) is 7.60. The Hall–Kier alpha value is -0.830. The summed E-state index contributed by atoms with van der Waals surface area (Å²) in [6.07, 6.45) is 0.753. The number of carbonyl (C=O) groups excluding carboxylic acids is 1. The summed E-state index contributed by atoms with van der Waals surface area (Å²) in [5, 5.41) is 3.20. The average Bonchev–Trinajstić information content (AvgIpc) is 2.17.